The summed E-state index contributed by atoms with van der Waals surface area (Å²) in [5, 5.41) is 1.16. The van der Waals surface area contributed by atoms with Gasteiger partial charge in [-0.15, -0.1) is 0 Å². The van der Waals surface area contributed by atoms with Crippen molar-refractivity contribution in [1.29, 1.82) is 0 Å². The first-order valence-electron chi connectivity index (χ1n) is 5.58. The molecule has 1 aromatic heterocycles. The number of ether oxygens (including phenoxy) is 1. The van der Waals surface area contributed by atoms with Crippen LogP contribution in [0.25, 0.3) is 11.0 Å². The molecule has 1 heterocycles. The molecular formula is C13H17NO2. The first-order valence-corrected chi connectivity index (χ1v) is 5.58. The number of rotatable bonds is 4. The normalized spacial score (nSPS) is 10.9. The number of methoxy groups -OCH3 is 1. The third-order valence-electron chi connectivity index (χ3n) is 2.77. The third kappa shape index (κ3) is 1.78. The molecule has 0 unspecified atom stereocenters. The van der Waals surface area contributed by atoms with Crippen LogP contribution in [0.1, 0.15) is 24.7 Å². The molecule has 2 rings (SSSR count). The van der Waals surface area contributed by atoms with Crippen LogP contribution in [0, 0.1) is 0 Å². The highest BCUT2D eigenvalue weighted by molar-refractivity contribution is 5.83. The predicted octanol–water partition coefficient (Wildman–Crippen LogP) is 2.85. The van der Waals surface area contributed by atoms with Crippen molar-refractivity contribution < 1.29 is 9.15 Å². The van der Waals surface area contributed by atoms with Gasteiger partial charge < -0.3 is 14.9 Å². The molecule has 3 nitrogen and oxygen atoms in total. The Hall–Kier alpha value is -1.48. The fourth-order valence-corrected chi connectivity index (χ4v) is 2.00. The zero-order chi connectivity index (χ0) is 11.5. The van der Waals surface area contributed by atoms with Crippen molar-refractivity contribution in [2.75, 3.05) is 7.11 Å². The Bertz CT molecular complexity index is 488. The van der Waals surface area contributed by atoms with Crippen LogP contribution in [-0.4, -0.2) is 7.11 Å². The smallest absolute Gasteiger partial charge is 0.138 e. The summed E-state index contributed by atoms with van der Waals surface area (Å²) in [5.74, 6) is 1.71. The summed E-state index contributed by atoms with van der Waals surface area (Å²) in [6.07, 6.45) is 2.10. The molecule has 3 heteroatoms. The van der Waals surface area contributed by atoms with E-state index in [1.807, 2.05) is 18.2 Å². The molecule has 2 aromatic rings. The summed E-state index contributed by atoms with van der Waals surface area (Å²) in [6.45, 7) is 2.61. The van der Waals surface area contributed by atoms with E-state index in [0.29, 0.717) is 6.54 Å². The summed E-state index contributed by atoms with van der Waals surface area (Å²) in [5.41, 5.74) is 7.79. The summed E-state index contributed by atoms with van der Waals surface area (Å²) < 4.78 is 10.9. The summed E-state index contributed by atoms with van der Waals surface area (Å²) in [6, 6.07) is 5.91. The van der Waals surface area contributed by atoms with Crippen LogP contribution in [0.3, 0.4) is 0 Å². The van der Waals surface area contributed by atoms with Gasteiger partial charge in [0.1, 0.15) is 17.1 Å². The van der Waals surface area contributed by atoms with Gasteiger partial charge in [0.15, 0.2) is 0 Å². The van der Waals surface area contributed by atoms with E-state index in [9.17, 15) is 0 Å². The molecule has 0 radical (unpaired) electrons. The zero-order valence-electron chi connectivity index (χ0n) is 9.75. The van der Waals surface area contributed by atoms with Crippen LogP contribution in [-0.2, 0) is 13.0 Å². The van der Waals surface area contributed by atoms with E-state index >= 15 is 0 Å². The lowest BCUT2D eigenvalue weighted by molar-refractivity contribution is 0.414. The Kier molecular flexibility index (Phi) is 3.15. The molecule has 0 spiro atoms. The Balaban J connectivity index is 2.58. The molecule has 0 aliphatic carbocycles. The van der Waals surface area contributed by atoms with E-state index in [-0.39, 0.29) is 0 Å². The van der Waals surface area contributed by atoms with Crippen LogP contribution in [0.15, 0.2) is 22.6 Å². The first kappa shape index (κ1) is 11.0. The van der Waals surface area contributed by atoms with Crippen molar-refractivity contribution in [2.45, 2.75) is 26.3 Å². The third-order valence-corrected chi connectivity index (χ3v) is 2.77. The lowest BCUT2D eigenvalue weighted by Gasteiger charge is -1.99. The average Bonchev–Trinajstić information content (AvgIpc) is 2.67. The SMILES string of the molecule is CCCc1c(CN)oc2cc(OC)ccc12. The van der Waals surface area contributed by atoms with Crippen LogP contribution in [0.4, 0.5) is 0 Å². The van der Waals surface area contributed by atoms with Crippen molar-refractivity contribution in [2.24, 2.45) is 5.73 Å². The maximum Gasteiger partial charge on any atom is 0.138 e. The van der Waals surface area contributed by atoms with Crippen molar-refractivity contribution in [1.82, 2.24) is 0 Å². The van der Waals surface area contributed by atoms with E-state index in [1.54, 1.807) is 7.11 Å². The van der Waals surface area contributed by atoms with Crippen molar-refractivity contribution in [3.05, 3.63) is 29.5 Å². The summed E-state index contributed by atoms with van der Waals surface area (Å²) in [7, 11) is 1.65. The molecule has 0 bridgehead atoms. The van der Waals surface area contributed by atoms with Crippen LogP contribution in [0.5, 0.6) is 5.75 Å². The number of hydrogen-bond acceptors (Lipinski definition) is 3. The number of fused-ring (bicyclic) bond motifs is 1. The van der Waals surface area contributed by atoms with Crippen molar-refractivity contribution >= 4 is 11.0 Å². The molecule has 0 fully saturated rings. The van der Waals surface area contributed by atoms with Crippen LogP contribution >= 0.6 is 0 Å². The monoisotopic (exact) mass is 219 g/mol. The molecule has 0 aliphatic rings. The van der Waals surface area contributed by atoms with E-state index in [2.05, 4.69) is 6.92 Å². The van der Waals surface area contributed by atoms with Gasteiger partial charge in [-0.2, -0.15) is 0 Å². The van der Waals surface area contributed by atoms with Gasteiger partial charge in [-0.3, -0.25) is 0 Å². The van der Waals surface area contributed by atoms with E-state index in [1.165, 1.54) is 5.56 Å². The predicted molar refractivity (Wildman–Crippen MR) is 64.7 cm³/mol. The number of nitrogens with two attached hydrogens (primary N) is 1. The van der Waals surface area contributed by atoms with Gasteiger partial charge >= 0.3 is 0 Å². The molecule has 16 heavy (non-hydrogen) atoms. The number of aryl methyl sites for hydroxylation is 1. The fourth-order valence-electron chi connectivity index (χ4n) is 2.00. The molecule has 0 saturated heterocycles. The molecule has 1 aromatic carbocycles. The largest absolute Gasteiger partial charge is 0.497 e. The molecule has 2 N–H and O–H groups in total. The Labute approximate surface area is 95.2 Å². The number of hydrogen-bond donors (Lipinski definition) is 1. The van der Waals surface area contributed by atoms with Crippen LogP contribution in [0.2, 0.25) is 0 Å². The van der Waals surface area contributed by atoms with Gasteiger partial charge in [0, 0.05) is 17.0 Å². The number of benzene rings is 1. The second-order valence-corrected chi connectivity index (χ2v) is 3.82. The quantitative estimate of drug-likeness (QED) is 0.860. The van der Waals surface area contributed by atoms with Gasteiger partial charge in [0.2, 0.25) is 0 Å². The first-order chi connectivity index (χ1) is 7.80. The summed E-state index contributed by atoms with van der Waals surface area (Å²) >= 11 is 0. The molecule has 0 saturated carbocycles. The topological polar surface area (TPSA) is 48.4 Å². The Morgan fingerprint density at radius 3 is 2.81 bits per heavy atom. The van der Waals surface area contributed by atoms with Crippen molar-refractivity contribution in [3.63, 3.8) is 0 Å². The second kappa shape index (κ2) is 4.58. The number of furan rings is 1. The minimum Gasteiger partial charge on any atom is -0.497 e. The standard InChI is InChI=1S/C13H17NO2/c1-3-4-10-11-6-5-9(15-2)7-12(11)16-13(10)8-14/h5-7H,3-4,8,14H2,1-2H3. The maximum absolute atomic E-state index is 5.74. The van der Waals surface area contributed by atoms with Gasteiger partial charge in [0.05, 0.1) is 13.7 Å². The van der Waals surface area contributed by atoms with E-state index < -0.39 is 0 Å². The summed E-state index contributed by atoms with van der Waals surface area (Å²) in [4.78, 5) is 0. The second-order valence-electron chi connectivity index (χ2n) is 3.82. The maximum atomic E-state index is 5.74. The minimum absolute atomic E-state index is 0.451. The highest BCUT2D eigenvalue weighted by Gasteiger charge is 2.12. The van der Waals surface area contributed by atoms with Gasteiger partial charge in [-0.05, 0) is 18.6 Å². The average molecular weight is 219 g/mol. The van der Waals surface area contributed by atoms with Gasteiger partial charge in [-0.1, -0.05) is 13.3 Å². The molecule has 86 valence electrons. The highest BCUT2D eigenvalue weighted by Crippen LogP contribution is 2.29. The molecule has 0 amide bonds. The van der Waals surface area contributed by atoms with Crippen molar-refractivity contribution in [3.8, 4) is 5.75 Å². The fraction of sp³-hybridized carbons (Fsp3) is 0.385. The lowest BCUT2D eigenvalue weighted by Crippen LogP contribution is -1.98. The van der Waals surface area contributed by atoms with E-state index in [4.69, 9.17) is 14.9 Å². The Morgan fingerprint density at radius 1 is 1.38 bits per heavy atom. The Morgan fingerprint density at radius 2 is 2.19 bits per heavy atom. The molecule has 0 aliphatic heterocycles. The molecular weight excluding hydrogens is 202 g/mol. The lowest BCUT2D eigenvalue weighted by atomic mass is 10.1. The molecule has 0 atom stereocenters. The van der Waals surface area contributed by atoms with Gasteiger partial charge in [0.25, 0.3) is 0 Å². The highest BCUT2D eigenvalue weighted by atomic mass is 16.5. The minimum atomic E-state index is 0.451. The van der Waals surface area contributed by atoms with Gasteiger partial charge in [-0.25, -0.2) is 0 Å². The van der Waals surface area contributed by atoms with Crippen LogP contribution < -0.4 is 10.5 Å². The zero-order valence-corrected chi connectivity index (χ0v) is 9.75. The van der Waals surface area contributed by atoms with E-state index in [0.717, 1.165) is 35.3 Å².